The first-order valence-electron chi connectivity index (χ1n) is 2.61. The van der Waals surface area contributed by atoms with E-state index in [2.05, 4.69) is 34.2 Å². The summed E-state index contributed by atoms with van der Waals surface area (Å²) in [5.74, 6) is 0. The number of halogens is 1. The molecule has 0 aliphatic heterocycles. The van der Waals surface area contributed by atoms with E-state index in [-0.39, 0.29) is 6.42 Å². The standard InChI is InChI=1S/C7H7BrN2/c1-3-6(8)7(10-2)4-5-9/h3H,1-2,4H2/b7-6+. The summed E-state index contributed by atoms with van der Waals surface area (Å²) in [5.41, 5.74) is 0.623. The zero-order chi connectivity index (χ0) is 7.98. The summed E-state index contributed by atoms with van der Waals surface area (Å²) in [6, 6.07) is 1.96. The van der Waals surface area contributed by atoms with Crippen molar-refractivity contribution in [2.24, 2.45) is 4.99 Å². The van der Waals surface area contributed by atoms with Crippen molar-refractivity contribution in [3.8, 4) is 6.07 Å². The van der Waals surface area contributed by atoms with Crippen molar-refractivity contribution in [2.45, 2.75) is 6.42 Å². The Balaban J connectivity index is 4.48. The van der Waals surface area contributed by atoms with Gasteiger partial charge in [0.15, 0.2) is 0 Å². The first kappa shape index (κ1) is 9.12. The lowest BCUT2D eigenvalue weighted by molar-refractivity contribution is 1.17. The molecular formula is C7H7BrN2. The molecule has 52 valence electrons. The first-order chi connectivity index (χ1) is 4.76. The molecule has 0 aliphatic rings. The minimum atomic E-state index is 0.260. The normalized spacial score (nSPS) is 11.2. The smallest absolute Gasteiger partial charge is 0.0785 e. The molecule has 0 unspecified atom stereocenters. The average Bonchev–Trinajstić information content (AvgIpc) is 1.99. The van der Waals surface area contributed by atoms with Gasteiger partial charge in [0.05, 0.1) is 18.2 Å². The largest absolute Gasteiger partial charge is 0.267 e. The Morgan fingerprint density at radius 3 is 2.70 bits per heavy atom. The number of rotatable bonds is 3. The molecule has 0 saturated heterocycles. The first-order valence-corrected chi connectivity index (χ1v) is 3.40. The van der Waals surface area contributed by atoms with Crippen molar-refractivity contribution in [1.29, 1.82) is 5.26 Å². The zero-order valence-electron chi connectivity index (χ0n) is 5.47. The van der Waals surface area contributed by atoms with Gasteiger partial charge in [-0.05, 0) is 22.6 Å². The summed E-state index contributed by atoms with van der Waals surface area (Å²) < 4.78 is 0.726. The Kier molecular flexibility index (Phi) is 4.51. The number of hydrogen-bond donors (Lipinski definition) is 0. The third-order valence-corrected chi connectivity index (χ3v) is 1.67. The molecule has 0 fully saturated rings. The lowest BCUT2D eigenvalue weighted by atomic mass is 10.3. The SMILES string of the molecule is C=C/C(Br)=C(/CC#N)N=C. The van der Waals surface area contributed by atoms with Crippen LogP contribution in [-0.4, -0.2) is 6.72 Å². The molecule has 0 aromatic carbocycles. The van der Waals surface area contributed by atoms with Crippen molar-refractivity contribution >= 4 is 22.6 Å². The Hall–Kier alpha value is -0.880. The van der Waals surface area contributed by atoms with Gasteiger partial charge in [0.2, 0.25) is 0 Å². The molecule has 0 heterocycles. The number of aliphatic imine (C=N–C) groups is 1. The Labute approximate surface area is 68.7 Å². The lowest BCUT2D eigenvalue weighted by Gasteiger charge is -1.93. The molecule has 0 bridgehead atoms. The molecule has 0 aliphatic carbocycles. The van der Waals surface area contributed by atoms with Crippen LogP contribution in [0.3, 0.4) is 0 Å². The van der Waals surface area contributed by atoms with Crippen LogP contribution >= 0.6 is 15.9 Å². The van der Waals surface area contributed by atoms with E-state index in [1.54, 1.807) is 6.08 Å². The van der Waals surface area contributed by atoms with Gasteiger partial charge in [-0.25, -0.2) is 0 Å². The fourth-order valence-corrected chi connectivity index (χ4v) is 0.674. The van der Waals surface area contributed by atoms with E-state index in [9.17, 15) is 0 Å². The van der Waals surface area contributed by atoms with Gasteiger partial charge >= 0.3 is 0 Å². The van der Waals surface area contributed by atoms with E-state index in [1.807, 2.05) is 6.07 Å². The summed E-state index contributed by atoms with van der Waals surface area (Å²) in [6.45, 7) is 6.82. The highest BCUT2D eigenvalue weighted by Gasteiger charge is 1.95. The third kappa shape index (κ3) is 2.60. The van der Waals surface area contributed by atoms with Crippen LogP contribution in [0.5, 0.6) is 0 Å². The predicted octanol–water partition coefficient (Wildman–Crippen LogP) is 2.39. The third-order valence-electron chi connectivity index (χ3n) is 0.892. The highest BCUT2D eigenvalue weighted by Crippen LogP contribution is 2.15. The van der Waals surface area contributed by atoms with Crippen LogP contribution in [0.15, 0.2) is 27.8 Å². The molecule has 0 aromatic rings. The Morgan fingerprint density at radius 2 is 2.40 bits per heavy atom. The van der Waals surface area contributed by atoms with E-state index >= 15 is 0 Å². The maximum atomic E-state index is 8.29. The molecule has 10 heavy (non-hydrogen) atoms. The quantitative estimate of drug-likeness (QED) is 0.507. The minimum absolute atomic E-state index is 0.260. The second kappa shape index (κ2) is 4.95. The summed E-state index contributed by atoms with van der Waals surface area (Å²) in [6.07, 6.45) is 1.84. The molecule has 2 nitrogen and oxygen atoms in total. The van der Waals surface area contributed by atoms with E-state index in [1.165, 1.54) is 0 Å². The van der Waals surface area contributed by atoms with Gasteiger partial charge in [-0.15, -0.1) is 0 Å². The lowest BCUT2D eigenvalue weighted by Crippen LogP contribution is -1.77. The molecule has 0 amide bonds. The zero-order valence-corrected chi connectivity index (χ0v) is 7.06. The van der Waals surface area contributed by atoms with Crippen LogP contribution in [0.2, 0.25) is 0 Å². The van der Waals surface area contributed by atoms with Crippen LogP contribution in [-0.2, 0) is 0 Å². The molecule has 0 spiro atoms. The van der Waals surface area contributed by atoms with Crippen LogP contribution in [0.25, 0.3) is 0 Å². The Bertz CT molecular complexity index is 210. The van der Waals surface area contributed by atoms with E-state index in [4.69, 9.17) is 5.26 Å². The summed E-state index contributed by atoms with van der Waals surface area (Å²) in [7, 11) is 0. The van der Waals surface area contributed by atoms with E-state index in [0.29, 0.717) is 5.70 Å². The highest BCUT2D eigenvalue weighted by molar-refractivity contribution is 9.11. The molecule has 0 saturated carbocycles. The minimum Gasteiger partial charge on any atom is -0.267 e. The second-order valence-electron chi connectivity index (χ2n) is 1.49. The Morgan fingerprint density at radius 1 is 1.80 bits per heavy atom. The van der Waals surface area contributed by atoms with Crippen LogP contribution in [0.4, 0.5) is 0 Å². The van der Waals surface area contributed by atoms with Gasteiger partial charge in [-0.3, -0.25) is 4.99 Å². The van der Waals surface area contributed by atoms with Crippen molar-refractivity contribution in [1.82, 2.24) is 0 Å². The van der Waals surface area contributed by atoms with Gasteiger partial charge in [-0.1, -0.05) is 12.7 Å². The van der Waals surface area contributed by atoms with Gasteiger partial charge < -0.3 is 0 Å². The monoisotopic (exact) mass is 198 g/mol. The maximum absolute atomic E-state index is 8.29. The molecule has 3 heteroatoms. The fourth-order valence-electron chi connectivity index (χ4n) is 0.409. The van der Waals surface area contributed by atoms with Crippen LogP contribution in [0, 0.1) is 11.3 Å². The van der Waals surface area contributed by atoms with Crippen LogP contribution in [0.1, 0.15) is 6.42 Å². The predicted molar refractivity (Wildman–Crippen MR) is 45.9 cm³/mol. The average molecular weight is 199 g/mol. The molecule has 0 atom stereocenters. The van der Waals surface area contributed by atoms with Crippen molar-refractivity contribution < 1.29 is 0 Å². The summed E-state index contributed by atoms with van der Waals surface area (Å²) in [5, 5.41) is 8.29. The van der Waals surface area contributed by atoms with Gasteiger partial charge in [0, 0.05) is 4.48 Å². The van der Waals surface area contributed by atoms with Crippen molar-refractivity contribution in [3.63, 3.8) is 0 Å². The topological polar surface area (TPSA) is 36.1 Å². The molecule has 0 N–H and O–H groups in total. The number of nitrogens with zero attached hydrogens (tertiary/aromatic N) is 2. The molecule has 0 rings (SSSR count). The second-order valence-corrected chi connectivity index (χ2v) is 2.35. The summed E-state index contributed by atoms with van der Waals surface area (Å²) in [4.78, 5) is 3.64. The molecule has 0 aromatic heterocycles. The van der Waals surface area contributed by atoms with E-state index < -0.39 is 0 Å². The number of hydrogen-bond acceptors (Lipinski definition) is 2. The van der Waals surface area contributed by atoms with Crippen molar-refractivity contribution in [3.05, 3.63) is 22.8 Å². The van der Waals surface area contributed by atoms with Gasteiger partial charge in [0.1, 0.15) is 0 Å². The molecule has 0 radical (unpaired) electrons. The fraction of sp³-hybridized carbons (Fsp3) is 0.143. The van der Waals surface area contributed by atoms with Gasteiger partial charge in [0.25, 0.3) is 0 Å². The number of nitriles is 1. The van der Waals surface area contributed by atoms with Gasteiger partial charge in [-0.2, -0.15) is 5.26 Å². The molecular weight excluding hydrogens is 192 g/mol. The van der Waals surface area contributed by atoms with Crippen molar-refractivity contribution in [2.75, 3.05) is 0 Å². The maximum Gasteiger partial charge on any atom is 0.0785 e. The van der Waals surface area contributed by atoms with Crippen LogP contribution < -0.4 is 0 Å². The van der Waals surface area contributed by atoms with E-state index in [0.717, 1.165) is 4.48 Å². The number of allylic oxidation sites excluding steroid dienone is 3. The summed E-state index contributed by atoms with van der Waals surface area (Å²) >= 11 is 3.18. The highest BCUT2D eigenvalue weighted by atomic mass is 79.9.